The number of hydrogen-bond acceptors (Lipinski definition) is 3. The van der Waals surface area contributed by atoms with Gasteiger partial charge in [-0.1, -0.05) is 11.6 Å². The highest BCUT2D eigenvalue weighted by Crippen LogP contribution is 2.20. The van der Waals surface area contributed by atoms with Crippen LogP contribution >= 0.6 is 11.6 Å². The summed E-state index contributed by atoms with van der Waals surface area (Å²) in [5.41, 5.74) is 5.57. The lowest BCUT2D eigenvalue weighted by atomic mass is 10.3. The second kappa shape index (κ2) is 3.40. The fourth-order valence-corrected chi connectivity index (χ4v) is 0.899. The normalized spacial score (nSPS) is 9.50. The van der Waals surface area contributed by atoms with Crippen molar-refractivity contribution < 1.29 is 4.74 Å². The van der Waals surface area contributed by atoms with E-state index in [-0.39, 0.29) is 11.7 Å². The van der Waals surface area contributed by atoms with E-state index in [1.54, 1.807) is 12.1 Å². The summed E-state index contributed by atoms with van der Waals surface area (Å²) in [4.78, 5) is 3.89. The van der Waals surface area contributed by atoms with Crippen LogP contribution in [-0.2, 0) is 0 Å². The molecule has 4 nitrogen and oxygen atoms in total. The molecule has 12 heavy (non-hydrogen) atoms. The van der Waals surface area contributed by atoms with Gasteiger partial charge in [-0.3, -0.25) is 5.41 Å². The molecule has 0 amide bonds. The summed E-state index contributed by atoms with van der Waals surface area (Å²) in [6.45, 7) is 0. The average Bonchev–Trinajstić information content (AvgIpc) is 2.05. The van der Waals surface area contributed by atoms with E-state index in [1.165, 1.54) is 7.11 Å². The van der Waals surface area contributed by atoms with Crippen molar-refractivity contribution in [1.82, 2.24) is 4.98 Å². The van der Waals surface area contributed by atoms with E-state index in [0.29, 0.717) is 10.7 Å². The number of nitrogens with two attached hydrogens (primary N) is 1. The SMILES string of the molecule is COc1nc(C(=N)N)ccc1Cl. The summed E-state index contributed by atoms with van der Waals surface area (Å²) in [6.07, 6.45) is 0. The van der Waals surface area contributed by atoms with Crippen molar-refractivity contribution in [1.29, 1.82) is 5.41 Å². The molecule has 0 radical (unpaired) electrons. The Hall–Kier alpha value is -1.29. The number of aromatic nitrogens is 1. The number of hydrogen-bond donors (Lipinski definition) is 2. The van der Waals surface area contributed by atoms with Crippen LogP contribution in [0, 0.1) is 5.41 Å². The molecular weight excluding hydrogens is 178 g/mol. The highest BCUT2D eigenvalue weighted by atomic mass is 35.5. The monoisotopic (exact) mass is 185 g/mol. The summed E-state index contributed by atoms with van der Waals surface area (Å²) >= 11 is 5.70. The van der Waals surface area contributed by atoms with E-state index in [9.17, 15) is 0 Å². The van der Waals surface area contributed by atoms with Gasteiger partial charge in [0.25, 0.3) is 0 Å². The molecule has 0 fully saturated rings. The van der Waals surface area contributed by atoms with E-state index >= 15 is 0 Å². The van der Waals surface area contributed by atoms with Gasteiger partial charge in [0.2, 0.25) is 5.88 Å². The third-order valence-electron chi connectivity index (χ3n) is 1.28. The molecule has 0 atom stereocenters. The number of pyridine rings is 1. The molecule has 0 saturated carbocycles. The first kappa shape index (κ1) is 8.80. The molecule has 0 spiro atoms. The fraction of sp³-hybridized carbons (Fsp3) is 0.143. The van der Waals surface area contributed by atoms with Crippen molar-refractivity contribution in [2.45, 2.75) is 0 Å². The maximum Gasteiger partial charge on any atom is 0.232 e. The number of rotatable bonds is 2. The van der Waals surface area contributed by atoms with Crippen LogP contribution in [0.15, 0.2) is 12.1 Å². The molecule has 0 aliphatic heterocycles. The number of nitrogen functional groups attached to an aromatic ring is 1. The highest BCUT2D eigenvalue weighted by molar-refractivity contribution is 6.31. The van der Waals surface area contributed by atoms with Crippen LogP contribution in [-0.4, -0.2) is 17.9 Å². The van der Waals surface area contributed by atoms with Gasteiger partial charge in [-0.15, -0.1) is 0 Å². The fourth-order valence-electron chi connectivity index (χ4n) is 0.717. The van der Waals surface area contributed by atoms with Crippen LogP contribution in [0.4, 0.5) is 0 Å². The second-order valence-corrected chi connectivity index (χ2v) is 2.51. The van der Waals surface area contributed by atoms with Crippen molar-refractivity contribution in [3.63, 3.8) is 0 Å². The molecular formula is C7H8ClN3O. The molecule has 0 unspecified atom stereocenters. The van der Waals surface area contributed by atoms with Crippen LogP contribution in [0.5, 0.6) is 5.88 Å². The molecule has 3 N–H and O–H groups in total. The number of amidine groups is 1. The number of methoxy groups -OCH3 is 1. The third kappa shape index (κ3) is 1.65. The predicted octanol–water partition coefficient (Wildman–Crippen LogP) is 1.03. The van der Waals surface area contributed by atoms with Crippen molar-refractivity contribution in [2.24, 2.45) is 5.73 Å². The van der Waals surface area contributed by atoms with Crippen molar-refractivity contribution in [3.8, 4) is 5.88 Å². The second-order valence-electron chi connectivity index (χ2n) is 2.10. The smallest absolute Gasteiger partial charge is 0.232 e. The molecule has 0 aliphatic carbocycles. The Kier molecular flexibility index (Phi) is 2.50. The topological polar surface area (TPSA) is 72.0 Å². The first-order chi connectivity index (χ1) is 5.65. The third-order valence-corrected chi connectivity index (χ3v) is 1.57. The quantitative estimate of drug-likeness (QED) is 0.534. The van der Waals surface area contributed by atoms with Gasteiger partial charge in [0.05, 0.1) is 7.11 Å². The first-order valence-corrected chi connectivity index (χ1v) is 3.58. The Morgan fingerprint density at radius 1 is 1.67 bits per heavy atom. The molecule has 0 aliphatic rings. The molecule has 0 saturated heterocycles. The lowest BCUT2D eigenvalue weighted by Crippen LogP contribution is -2.13. The van der Waals surface area contributed by atoms with Gasteiger partial charge in [0.1, 0.15) is 16.6 Å². The first-order valence-electron chi connectivity index (χ1n) is 3.20. The molecule has 5 heteroatoms. The van der Waals surface area contributed by atoms with E-state index < -0.39 is 0 Å². The molecule has 0 aromatic carbocycles. The molecule has 1 heterocycles. The van der Waals surface area contributed by atoms with Gasteiger partial charge >= 0.3 is 0 Å². The summed E-state index contributed by atoms with van der Waals surface area (Å²) in [6, 6.07) is 3.15. The molecule has 1 aromatic rings. The Morgan fingerprint density at radius 3 is 2.83 bits per heavy atom. The lowest BCUT2D eigenvalue weighted by Gasteiger charge is -2.02. The van der Waals surface area contributed by atoms with Gasteiger partial charge in [-0.2, -0.15) is 0 Å². The maximum atomic E-state index is 7.09. The molecule has 1 rings (SSSR count). The van der Waals surface area contributed by atoms with Crippen LogP contribution in [0.2, 0.25) is 5.02 Å². The minimum Gasteiger partial charge on any atom is -0.480 e. The van der Waals surface area contributed by atoms with Gasteiger partial charge < -0.3 is 10.5 Å². The number of nitrogens with zero attached hydrogens (tertiary/aromatic N) is 1. The zero-order valence-corrected chi connectivity index (χ0v) is 7.22. The summed E-state index contributed by atoms with van der Waals surface area (Å²) in [5, 5.41) is 7.50. The van der Waals surface area contributed by atoms with E-state index in [4.69, 9.17) is 27.5 Å². The van der Waals surface area contributed by atoms with Crippen LogP contribution < -0.4 is 10.5 Å². The molecule has 1 aromatic heterocycles. The number of nitrogens with one attached hydrogen (secondary N) is 1. The maximum absolute atomic E-state index is 7.09. The van der Waals surface area contributed by atoms with Gasteiger partial charge in [0, 0.05) is 0 Å². The zero-order valence-electron chi connectivity index (χ0n) is 6.47. The summed E-state index contributed by atoms with van der Waals surface area (Å²) < 4.78 is 4.84. The Morgan fingerprint density at radius 2 is 2.33 bits per heavy atom. The Bertz CT molecular complexity index is 314. The van der Waals surface area contributed by atoms with Crippen molar-refractivity contribution >= 4 is 17.4 Å². The largest absolute Gasteiger partial charge is 0.480 e. The van der Waals surface area contributed by atoms with E-state index in [2.05, 4.69) is 4.98 Å². The minimum absolute atomic E-state index is 0.107. The molecule has 0 bridgehead atoms. The molecule has 64 valence electrons. The summed E-state index contributed by atoms with van der Waals surface area (Å²) in [7, 11) is 1.46. The van der Waals surface area contributed by atoms with Crippen LogP contribution in [0.25, 0.3) is 0 Å². The Labute approximate surface area is 74.8 Å². The van der Waals surface area contributed by atoms with Gasteiger partial charge in [-0.05, 0) is 12.1 Å². The summed E-state index contributed by atoms with van der Waals surface area (Å²) in [5.74, 6) is 0.175. The van der Waals surface area contributed by atoms with Crippen LogP contribution in [0.3, 0.4) is 0 Å². The lowest BCUT2D eigenvalue weighted by molar-refractivity contribution is 0.398. The zero-order chi connectivity index (χ0) is 9.14. The Balaban J connectivity index is 3.13. The van der Waals surface area contributed by atoms with Crippen molar-refractivity contribution in [3.05, 3.63) is 22.8 Å². The van der Waals surface area contributed by atoms with Gasteiger partial charge in [-0.25, -0.2) is 4.98 Å². The van der Waals surface area contributed by atoms with Crippen molar-refractivity contribution in [2.75, 3.05) is 7.11 Å². The number of ether oxygens (including phenoxy) is 1. The van der Waals surface area contributed by atoms with E-state index in [0.717, 1.165) is 0 Å². The minimum atomic E-state index is -0.107. The van der Waals surface area contributed by atoms with E-state index in [1.807, 2.05) is 0 Å². The standard InChI is InChI=1S/C7H8ClN3O/c1-12-7-4(8)2-3-5(11-7)6(9)10/h2-3H,1H3,(H3,9,10). The van der Waals surface area contributed by atoms with Gasteiger partial charge in [0.15, 0.2) is 0 Å². The van der Waals surface area contributed by atoms with Crippen LogP contribution in [0.1, 0.15) is 5.69 Å². The average molecular weight is 186 g/mol. The highest BCUT2D eigenvalue weighted by Gasteiger charge is 2.04. The predicted molar refractivity (Wildman–Crippen MR) is 46.8 cm³/mol. The number of halogens is 1.